The molecule has 0 aliphatic carbocycles. The van der Waals surface area contributed by atoms with E-state index in [1.54, 1.807) is 7.11 Å². The van der Waals surface area contributed by atoms with Crippen molar-refractivity contribution in [1.82, 2.24) is 5.32 Å². The van der Waals surface area contributed by atoms with Gasteiger partial charge < -0.3 is 19.9 Å². The average molecular weight is 295 g/mol. The van der Waals surface area contributed by atoms with E-state index in [0.717, 1.165) is 6.07 Å². The topological polar surface area (TPSA) is 67.8 Å². The number of benzene rings is 1. The third kappa shape index (κ3) is 6.36. The smallest absolute Gasteiger partial charge is 0.252 e. The summed E-state index contributed by atoms with van der Waals surface area (Å²) in [4.78, 5) is 12.0. The second kappa shape index (κ2) is 9.88. The third-order valence-electron chi connectivity index (χ3n) is 2.49. The van der Waals surface area contributed by atoms with Crippen LogP contribution in [0.1, 0.15) is 15.9 Å². The summed E-state index contributed by atoms with van der Waals surface area (Å²) in [6, 6.07) is 3.73. The number of ether oxygens (including phenoxy) is 2. The van der Waals surface area contributed by atoms with Crippen molar-refractivity contribution >= 4 is 5.91 Å². The number of methoxy groups -OCH3 is 1. The van der Waals surface area contributed by atoms with Gasteiger partial charge in [-0.2, -0.15) is 0 Å². The molecule has 1 rings (SSSR count). The maximum absolute atomic E-state index is 13.2. The van der Waals surface area contributed by atoms with Crippen LogP contribution in [0.4, 0.5) is 4.39 Å². The minimum absolute atomic E-state index is 0.132. The summed E-state index contributed by atoms with van der Waals surface area (Å²) in [5.74, 6) is 4.09. The number of carbonyl (C=O) groups is 1. The molecular formula is C15H18FNO4. The van der Waals surface area contributed by atoms with Crippen LogP contribution in [0.2, 0.25) is 0 Å². The summed E-state index contributed by atoms with van der Waals surface area (Å²) >= 11 is 0. The molecule has 0 spiro atoms. The minimum Gasteiger partial charge on any atom is -0.384 e. The average Bonchev–Trinajstić information content (AvgIpc) is 2.49. The summed E-state index contributed by atoms with van der Waals surface area (Å²) in [5.41, 5.74) is 0.496. The van der Waals surface area contributed by atoms with Crippen molar-refractivity contribution < 1.29 is 23.8 Å². The zero-order chi connectivity index (χ0) is 15.5. The molecule has 0 heterocycles. The van der Waals surface area contributed by atoms with Crippen molar-refractivity contribution in [2.75, 3.05) is 40.1 Å². The van der Waals surface area contributed by atoms with Gasteiger partial charge in [0, 0.05) is 19.2 Å². The number of amides is 1. The maximum Gasteiger partial charge on any atom is 0.252 e. The predicted octanol–water partition coefficient (Wildman–Crippen LogP) is 0.562. The fourth-order valence-electron chi connectivity index (χ4n) is 1.52. The normalized spacial score (nSPS) is 9.86. The molecule has 0 unspecified atom stereocenters. The molecule has 1 aromatic carbocycles. The third-order valence-corrected chi connectivity index (χ3v) is 2.49. The number of hydrogen-bond donors (Lipinski definition) is 2. The van der Waals surface area contributed by atoms with E-state index in [-0.39, 0.29) is 12.2 Å². The lowest BCUT2D eigenvalue weighted by Gasteiger charge is -2.08. The Balaban J connectivity index is 2.58. The van der Waals surface area contributed by atoms with E-state index in [9.17, 15) is 9.18 Å². The first-order valence-electron chi connectivity index (χ1n) is 6.43. The van der Waals surface area contributed by atoms with Crippen molar-refractivity contribution in [3.63, 3.8) is 0 Å². The fourth-order valence-corrected chi connectivity index (χ4v) is 1.52. The summed E-state index contributed by atoms with van der Waals surface area (Å²) in [5, 5.41) is 11.3. The van der Waals surface area contributed by atoms with Crippen LogP contribution in [0.15, 0.2) is 18.2 Å². The highest BCUT2D eigenvalue weighted by atomic mass is 19.1. The zero-order valence-electron chi connectivity index (χ0n) is 11.8. The Bertz CT molecular complexity index is 522. The molecule has 2 N–H and O–H groups in total. The molecule has 5 nitrogen and oxygen atoms in total. The van der Waals surface area contributed by atoms with Crippen molar-refractivity contribution in [3.8, 4) is 11.8 Å². The number of carbonyl (C=O) groups excluding carboxylic acids is 1. The van der Waals surface area contributed by atoms with E-state index in [2.05, 4.69) is 17.2 Å². The standard InChI is InChI=1S/C15H18FNO4/c1-20-9-10-21-8-6-17-15(19)14-11-13(16)5-4-12(14)3-2-7-18/h4-5,11,18H,6-10H2,1H3,(H,17,19). The van der Waals surface area contributed by atoms with E-state index >= 15 is 0 Å². The van der Waals surface area contributed by atoms with Crippen LogP contribution in [0.25, 0.3) is 0 Å². The summed E-state index contributed by atoms with van der Waals surface area (Å²) < 4.78 is 23.3. The van der Waals surface area contributed by atoms with Crippen LogP contribution in [-0.4, -0.2) is 51.1 Å². The first-order chi connectivity index (χ1) is 10.2. The molecule has 0 aliphatic heterocycles. The molecule has 0 bridgehead atoms. The van der Waals surface area contributed by atoms with E-state index in [4.69, 9.17) is 14.6 Å². The van der Waals surface area contributed by atoms with Gasteiger partial charge in [0.1, 0.15) is 12.4 Å². The Hall–Kier alpha value is -1.94. The van der Waals surface area contributed by atoms with Crippen LogP contribution < -0.4 is 5.32 Å². The van der Waals surface area contributed by atoms with Crippen LogP contribution >= 0.6 is 0 Å². The van der Waals surface area contributed by atoms with Gasteiger partial charge in [-0.05, 0) is 18.2 Å². The predicted molar refractivity (Wildman–Crippen MR) is 75.4 cm³/mol. The molecule has 21 heavy (non-hydrogen) atoms. The molecule has 0 saturated heterocycles. The Morgan fingerprint density at radius 2 is 2.19 bits per heavy atom. The number of halogens is 1. The highest BCUT2D eigenvalue weighted by Gasteiger charge is 2.11. The van der Waals surface area contributed by atoms with Gasteiger partial charge in [0.25, 0.3) is 5.91 Å². The molecule has 1 aromatic rings. The van der Waals surface area contributed by atoms with Crippen LogP contribution in [0.3, 0.4) is 0 Å². The molecule has 0 aromatic heterocycles. The van der Waals surface area contributed by atoms with Gasteiger partial charge in [0.2, 0.25) is 0 Å². The summed E-state index contributed by atoms with van der Waals surface area (Å²) in [7, 11) is 1.57. The fraction of sp³-hybridized carbons (Fsp3) is 0.400. The van der Waals surface area contributed by atoms with Crippen LogP contribution in [0, 0.1) is 17.7 Å². The Morgan fingerprint density at radius 3 is 2.90 bits per heavy atom. The molecule has 114 valence electrons. The lowest BCUT2D eigenvalue weighted by molar-refractivity contribution is 0.0692. The summed E-state index contributed by atoms with van der Waals surface area (Å²) in [6.45, 7) is 1.23. The van der Waals surface area contributed by atoms with Gasteiger partial charge >= 0.3 is 0 Å². The maximum atomic E-state index is 13.2. The van der Waals surface area contributed by atoms with E-state index in [0.29, 0.717) is 31.9 Å². The minimum atomic E-state index is -0.522. The van der Waals surface area contributed by atoms with E-state index in [1.807, 2.05) is 0 Å². The van der Waals surface area contributed by atoms with Crippen molar-refractivity contribution in [3.05, 3.63) is 35.1 Å². The number of hydrogen-bond acceptors (Lipinski definition) is 4. The molecular weight excluding hydrogens is 277 g/mol. The first kappa shape index (κ1) is 17.1. The Labute approximate surface area is 123 Å². The Kier molecular flexibility index (Phi) is 8.05. The van der Waals surface area contributed by atoms with Gasteiger partial charge in [0.05, 0.1) is 25.4 Å². The van der Waals surface area contributed by atoms with Crippen LogP contribution in [0.5, 0.6) is 0 Å². The van der Waals surface area contributed by atoms with Crippen molar-refractivity contribution in [1.29, 1.82) is 0 Å². The first-order valence-corrected chi connectivity index (χ1v) is 6.43. The highest BCUT2D eigenvalue weighted by molar-refractivity contribution is 5.96. The lowest BCUT2D eigenvalue weighted by atomic mass is 10.1. The number of rotatable bonds is 7. The lowest BCUT2D eigenvalue weighted by Crippen LogP contribution is -2.28. The van der Waals surface area contributed by atoms with E-state index < -0.39 is 11.7 Å². The van der Waals surface area contributed by atoms with Crippen molar-refractivity contribution in [2.45, 2.75) is 0 Å². The van der Waals surface area contributed by atoms with Crippen LogP contribution in [-0.2, 0) is 9.47 Å². The molecule has 0 atom stereocenters. The SMILES string of the molecule is COCCOCCNC(=O)c1cc(F)ccc1C#CCO. The number of aliphatic hydroxyl groups excluding tert-OH is 1. The van der Waals surface area contributed by atoms with Gasteiger partial charge in [-0.1, -0.05) is 11.8 Å². The monoisotopic (exact) mass is 295 g/mol. The largest absolute Gasteiger partial charge is 0.384 e. The van der Waals surface area contributed by atoms with Gasteiger partial charge in [-0.15, -0.1) is 0 Å². The van der Waals surface area contributed by atoms with Crippen molar-refractivity contribution in [2.24, 2.45) is 0 Å². The molecule has 0 aliphatic rings. The quantitative estimate of drug-likeness (QED) is 0.570. The number of aliphatic hydroxyl groups is 1. The van der Waals surface area contributed by atoms with E-state index in [1.165, 1.54) is 12.1 Å². The molecule has 0 fully saturated rings. The molecule has 1 amide bonds. The van der Waals surface area contributed by atoms with Gasteiger partial charge in [-0.25, -0.2) is 4.39 Å². The zero-order valence-corrected chi connectivity index (χ0v) is 11.8. The highest BCUT2D eigenvalue weighted by Crippen LogP contribution is 2.10. The molecule has 6 heteroatoms. The second-order valence-electron chi connectivity index (χ2n) is 4.01. The molecule has 0 saturated carbocycles. The Morgan fingerprint density at radius 1 is 1.38 bits per heavy atom. The second-order valence-corrected chi connectivity index (χ2v) is 4.01. The van der Waals surface area contributed by atoms with Gasteiger partial charge in [-0.3, -0.25) is 4.79 Å². The van der Waals surface area contributed by atoms with Gasteiger partial charge in [0.15, 0.2) is 0 Å². The molecule has 0 radical (unpaired) electrons. The number of nitrogens with one attached hydrogen (secondary N) is 1. The summed E-state index contributed by atoms with van der Waals surface area (Å²) in [6.07, 6.45) is 0.